The van der Waals surface area contributed by atoms with E-state index in [1.54, 1.807) is 0 Å². The molecule has 0 heterocycles. The maximum absolute atomic E-state index is 11.7. The first-order valence-electron chi connectivity index (χ1n) is 4.84. The first-order valence-corrected chi connectivity index (χ1v) is 4.84. The van der Waals surface area contributed by atoms with Crippen LogP contribution in [0.4, 0.5) is 0 Å². The molecule has 0 spiro atoms. The summed E-state index contributed by atoms with van der Waals surface area (Å²) in [4.78, 5) is 25.6. The monoisotopic (exact) mass is 199 g/mol. The summed E-state index contributed by atoms with van der Waals surface area (Å²) in [5.74, 6) is -0.0687. The van der Waals surface area contributed by atoms with Gasteiger partial charge in [0.25, 0.3) is 0 Å². The van der Waals surface area contributed by atoms with Crippen molar-refractivity contribution in [3.63, 3.8) is 0 Å². The highest BCUT2D eigenvalue weighted by molar-refractivity contribution is 5.95. The van der Waals surface area contributed by atoms with Crippen LogP contribution in [0.3, 0.4) is 0 Å². The average molecular weight is 199 g/mol. The lowest BCUT2D eigenvalue weighted by molar-refractivity contribution is -0.129. The van der Waals surface area contributed by atoms with Gasteiger partial charge in [0.05, 0.1) is 12.1 Å². The molecule has 0 aromatic carbocycles. The Morgan fingerprint density at radius 2 is 2.07 bits per heavy atom. The van der Waals surface area contributed by atoms with Crippen molar-refractivity contribution in [3.8, 4) is 0 Å². The summed E-state index contributed by atoms with van der Waals surface area (Å²) in [7, 11) is 0. The Kier molecular flexibility index (Phi) is 6.62. The van der Waals surface area contributed by atoms with Crippen LogP contribution in [0.2, 0.25) is 0 Å². The van der Waals surface area contributed by atoms with Gasteiger partial charge in [0.2, 0.25) is 0 Å². The van der Waals surface area contributed by atoms with Gasteiger partial charge >= 0.3 is 6.47 Å². The van der Waals surface area contributed by atoms with Crippen molar-refractivity contribution < 1.29 is 14.4 Å². The van der Waals surface area contributed by atoms with Crippen molar-refractivity contribution in [3.05, 3.63) is 0 Å². The number of carbonyl (C=O) groups is 2. The van der Waals surface area contributed by atoms with Crippen LogP contribution >= 0.6 is 0 Å². The summed E-state index contributed by atoms with van der Waals surface area (Å²) >= 11 is 0. The van der Waals surface area contributed by atoms with Gasteiger partial charge in [-0.3, -0.25) is 9.59 Å². The molecule has 0 aliphatic rings. The van der Waals surface area contributed by atoms with Crippen LogP contribution in [0.1, 0.15) is 33.6 Å². The summed E-state index contributed by atoms with van der Waals surface area (Å²) in [6.07, 6.45) is 2.88. The van der Waals surface area contributed by atoms with Crippen molar-refractivity contribution in [1.82, 2.24) is 0 Å². The summed E-state index contributed by atoms with van der Waals surface area (Å²) in [6.45, 7) is 5.99. The third-order valence-electron chi connectivity index (χ3n) is 2.25. The van der Waals surface area contributed by atoms with E-state index in [-0.39, 0.29) is 24.1 Å². The third kappa shape index (κ3) is 4.16. The molecule has 0 saturated carbocycles. The standard InChI is InChI=1S/C10H17NO3/c1-4-8(3)10(13)9(5-2)6-11-14-7-12/h6-9H,4-5H2,1-3H3/b11-6+. The summed E-state index contributed by atoms with van der Waals surface area (Å²) in [6, 6.07) is 0. The zero-order chi connectivity index (χ0) is 11.0. The van der Waals surface area contributed by atoms with Gasteiger partial charge in [-0.1, -0.05) is 25.9 Å². The van der Waals surface area contributed by atoms with E-state index in [1.807, 2.05) is 20.8 Å². The molecule has 0 fully saturated rings. The molecule has 0 aliphatic carbocycles. The summed E-state index contributed by atoms with van der Waals surface area (Å²) in [5.41, 5.74) is 0. The summed E-state index contributed by atoms with van der Waals surface area (Å²) in [5, 5.41) is 3.38. The number of nitrogens with zero attached hydrogens (tertiary/aromatic N) is 1. The van der Waals surface area contributed by atoms with Gasteiger partial charge in [0.1, 0.15) is 5.78 Å². The molecule has 0 amide bonds. The smallest absolute Gasteiger partial charge is 0.322 e. The molecule has 0 saturated heterocycles. The second-order valence-corrected chi connectivity index (χ2v) is 3.18. The quantitative estimate of drug-likeness (QED) is 0.272. The molecule has 0 N–H and O–H groups in total. The van der Waals surface area contributed by atoms with Crippen LogP contribution in [0, 0.1) is 11.8 Å². The van der Waals surface area contributed by atoms with Gasteiger partial charge < -0.3 is 4.84 Å². The van der Waals surface area contributed by atoms with E-state index in [0.717, 1.165) is 6.42 Å². The molecule has 14 heavy (non-hydrogen) atoms. The largest absolute Gasteiger partial charge is 0.323 e. The van der Waals surface area contributed by atoms with Crippen molar-refractivity contribution in [2.45, 2.75) is 33.6 Å². The van der Waals surface area contributed by atoms with E-state index in [4.69, 9.17) is 0 Å². The maximum Gasteiger partial charge on any atom is 0.323 e. The predicted octanol–water partition coefficient (Wildman–Crippen LogP) is 1.79. The van der Waals surface area contributed by atoms with E-state index < -0.39 is 0 Å². The zero-order valence-corrected chi connectivity index (χ0v) is 8.90. The predicted molar refractivity (Wildman–Crippen MR) is 53.9 cm³/mol. The highest BCUT2D eigenvalue weighted by atomic mass is 16.7. The van der Waals surface area contributed by atoms with Gasteiger partial charge in [-0.2, -0.15) is 0 Å². The zero-order valence-electron chi connectivity index (χ0n) is 8.90. The lowest BCUT2D eigenvalue weighted by Gasteiger charge is -2.12. The first kappa shape index (κ1) is 12.8. The van der Waals surface area contributed by atoms with Crippen LogP contribution in [-0.2, 0) is 14.4 Å². The van der Waals surface area contributed by atoms with Crippen molar-refractivity contribution >= 4 is 18.5 Å². The van der Waals surface area contributed by atoms with E-state index in [9.17, 15) is 9.59 Å². The molecule has 4 nitrogen and oxygen atoms in total. The van der Waals surface area contributed by atoms with Gasteiger partial charge in [-0.15, -0.1) is 0 Å². The minimum atomic E-state index is -0.245. The van der Waals surface area contributed by atoms with Gasteiger partial charge in [0.15, 0.2) is 0 Å². The molecule has 0 radical (unpaired) electrons. The Bertz CT molecular complexity index is 213. The van der Waals surface area contributed by atoms with Crippen LogP contribution in [0.25, 0.3) is 0 Å². The highest BCUT2D eigenvalue weighted by Gasteiger charge is 2.19. The second-order valence-electron chi connectivity index (χ2n) is 3.18. The number of rotatable bonds is 7. The van der Waals surface area contributed by atoms with Crippen LogP contribution < -0.4 is 0 Å². The maximum atomic E-state index is 11.7. The minimum absolute atomic E-state index is 0.0302. The fraction of sp³-hybridized carbons (Fsp3) is 0.700. The van der Waals surface area contributed by atoms with Crippen molar-refractivity contribution in [2.75, 3.05) is 0 Å². The molecule has 0 aromatic heterocycles. The molecule has 0 aromatic rings. The lowest BCUT2D eigenvalue weighted by atomic mass is 9.91. The SMILES string of the molecule is CCC(C)C(=O)C(/C=N/OC=O)CC. The van der Waals surface area contributed by atoms with Crippen LogP contribution in [0.5, 0.6) is 0 Å². The Labute approximate surface area is 84.3 Å². The van der Waals surface area contributed by atoms with Crippen LogP contribution in [-0.4, -0.2) is 18.5 Å². The summed E-state index contributed by atoms with van der Waals surface area (Å²) < 4.78 is 0. The molecule has 2 atom stereocenters. The average Bonchev–Trinajstić information content (AvgIpc) is 2.22. The number of ketones is 1. The van der Waals surface area contributed by atoms with E-state index in [0.29, 0.717) is 6.42 Å². The molecule has 0 bridgehead atoms. The lowest BCUT2D eigenvalue weighted by Crippen LogP contribution is -2.22. The van der Waals surface area contributed by atoms with Gasteiger partial charge in [-0.05, 0) is 12.8 Å². The van der Waals surface area contributed by atoms with Crippen molar-refractivity contribution in [2.24, 2.45) is 17.0 Å². The number of carbonyl (C=O) groups excluding carboxylic acids is 2. The number of hydrogen-bond donors (Lipinski definition) is 0. The number of oxime groups is 1. The number of Topliss-reactive ketones (excluding diaryl/α,β-unsaturated/α-hetero) is 1. The molecule has 0 rings (SSSR count). The van der Waals surface area contributed by atoms with Gasteiger partial charge in [-0.25, -0.2) is 0 Å². The van der Waals surface area contributed by atoms with E-state index >= 15 is 0 Å². The minimum Gasteiger partial charge on any atom is -0.322 e. The molecular formula is C10H17NO3. The Balaban J connectivity index is 4.25. The molecule has 80 valence electrons. The second kappa shape index (κ2) is 7.24. The fourth-order valence-corrected chi connectivity index (χ4v) is 1.08. The Hall–Kier alpha value is -1.19. The topological polar surface area (TPSA) is 55.7 Å². The molecular weight excluding hydrogens is 182 g/mol. The van der Waals surface area contributed by atoms with Crippen LogP contribution in [0.15, 0.2) is 5.16 Å². The van der Waals surface area contributed by atoms with Crippen molar-refractivity contribution in [1.29, 1.82) is 0 Å². The molecule has 0 aliphatic heterocycles. The Morgan fingerprint density at radius 3 is 2.50 bits per heavy atom. The van der Waals surface area contributed by atoms with E-state index in [1.165, 1.54) is 6.21 Å². The van der Waals surface area contributed by atoms with E-state index in [2.05, 4.69) is 9.99 Å². The first-order chi connectivity index (χ1) is 6.67. The Morgan fingerprint density at radius 1 is 1.43 bits per heavy atom. The third-order valence-corrected chi connectivity index (χ3v) is 2.25. The van der Waals surface area contributed by atoms with Gasteiger partial charge in [0, 0.05) is 5.92 Å². The molecule has 2 unspecified atom stereocenters. The normalized spacial score (nSPS) is 15.1. The highest BCUT2D eigenvalue weighted by Crippen LogP contribution is 2.12. The fourth-order valence-electron chi connectivity index (χ4n) is 1.08. The number of hydrogen-bond acceptors (Lipinski definition) is 4. The molecule has 4 heteroatoms.